The minimum atomic E-state index is 0.745. The number of fused-ring (bicyclic) bond motifs is 1. The van der Waals surface area contributed by atoms with E-state index >= 15 is 0 Å². The number of hydrogen-bond acceptors (Lipinski definition) is 0. The highest BCUT2D eigenvalue weighted by molar-refractivity contribution is 5.81. The zero-order valence-corrected chi connectivity index (χ0v) is 15.7. The Morgan fingerprint density at radius 1 is 1.12 bits per heavy atom. The number of allylic oxidation sites excluding steroid dienone is 2. The van der Waals surface area contributed by atoms with Crippen molar-refractivity contribution in [2.75, 3.05) is 0 Å². The molecule has 24 heavy (non-hydrogen) atoms. The zero-order chi connectivity index (χ0) is 17.4. The van der Waals surface area contributed by atoms with Gasteiger partial charge in [-0.2, -0.15) is 0 Å². The summed E-state index contributed by atoms with van der Waals surface area (Å²) in [5.41, 5.74) is 1.32. The highest BCUT2D eigenvalue weighted by Gasteiger charge is 2.11. The summed E-state index contributed by atoms with van der Waals surface area (Å²) in [6, 6.07) is 8.69. The van der Waals surface area contributed by atoms with Gasteiger partial charge < -0.3 is 4.57 Å². The van der Waals surface area contributed by atoms with Crippen LogP contribution in [0.2, 0.25) is 0 Å². The van der Waals surface area contributed by atoms with Crippen molar-refractivity contribution in [3.63, 3.8) is 0 Å². The first-order valence-corrected chi connectivity index (χ1v) is 9.62. The number of nitrogens with zero attached hydrogens (tertiary/aromatic N) is 1. The van der Waals surface area contributed by atoms with Gasteiger partial charge in [-0.3, -0.25) is 0 Å². The maximum Gasteiger partial charge on any atom is 0.0491 e. The Kier molecular flexibility index (Phi) is 7.36. The highest BCUT2D eigenvalue weighted by Crippen LogP contribution is 2.18. The molecule has 1 unspecified atom stereocenters. The van der Waals surface area contributed by atoms with Crippen molar-refractivity contribution in [2.24, 2.45) is 5.92 Å². The molecule has 0 radical (unpaired) electrons. The van der Waals surface area contributed by atoms with Gasteiger partial charge in [-0.05, 0) is 31.4 Å². The molecule has 130 valence electrons. The quantitative estimate of drug-likeness (QED) is 0.544. The number of unbranched alkanes of at least 4 members (excludes halogenated alkanes) is 3. The fourth-order valence-electron chi connectivity index (χ4n) is 3.51. The SMILES string of the molecule is C=c1/c(=C\C=C\C)n(CC(CC)CCCCCC)c2ccccc12. The molecule has 0 amide bonds. The molecular weight excluding hydrogens is 290 g/mol. The second-order valence-corrected chi connectivity index (χ2v) is 6.81. The van der Waals surface area contributed by atoms with Crippen LogP contribution in [0.15, 0.2) is 36.4 Å². The van der Waals surface area contributed by atoms with Crippen LogP contribution in [-0.2, 0) is 6.54 Å². The van der Waals surface area contributed by atoms with Crippen molar-refractivity contribution in [3.8, 4) is 0 Å². The molecule has 1 aromatic heterocycles. The number of hydrogen-bond donors (Lipinski definition) is 0. The van der Waals surface area contributed by atoms with E-state index in [1.807, 2.05) is 0 Å². The minimum absolute atomic E-state index is 0.745. The summed E-state index contributed by atoms with van der Waals surface area (Å²) in [6.07, 6.45) is 14.4. The Labute approximate surface area is 147 Å². The molecule has 0 saturated heterocycles. The van der Waals surface area contributed by atoms with Crippen molar-refractivity contribution < 1.29 is 0 Å². The van der Waals surface area contributed by atoms with E-state index < -0.39 is 0 Å². The normalized spacial score (nSPS) is 14.0. The predicted molar refractivity (Wildman–Crippen MR) is 109 cm³/mol. The molecule has 0 spiro atoms. The molecule has 0 aliphatic carbocycles. The zero-order valence-electron chi connectivity index (χ0n) is 15.7. The van der Waals surface area contributed by atoms with Crippen LogP contribution < -0.4 is 10.6 Å². The van der Waals surface area contributed by atoms with Crippen molar-refractivity contribution in [1.82, 2.24) is 4.57 Å². The van der Waals surface area contributed by atoms with Crippen LogP contribution in [0.25, 0.3) is 23.6 Å². The molecule has 0 aliphatic rings. The van der Waals surface area contributed by atoms with Crippen molar-refractivity contribution >= 4 is 23.6 Å². The average Bonchev–Trinajstić information content (AvgIpc) is 2.88. The van der Waals surface area contributed by atoms with E-state index in [1.54, 1.807) is 0 Å². The molecule has 0 fully saturated rings. The summed E-state index contributed by atoms with van der Waals surface area (Å²) in [5.74, 6) is 0.745. The van der Waals surface area contributed by atoms with Gasteiger partial charge in [0.15, 0.2) is 0 Å². The van der Waals surface area contributed by atoms with E-state index in [9.17, 15) is 0 Å². The lowest BCUT2D eigenvalue weighted by Crippen LogP contribution is -2.30. The van der Waals surface area contributed by atoms with Gasteiger partial charge in [0.1, 0.15) is 0 Å². The van der Waals surface area contributed by atoms with Crippen LogP contribution in [0, 0.1) is 5.92 Å². The molecule has 1 heteroatoms. The fraction of sp³-hybridized carbons (Fsp3) is 0.478. The monoisotopic (exact) mass is 323 g/mol. The van der Waals surface area contributed by atoms with E-state index in [0.29, 0.717) is 0 Å². The van der Waals surface area contributed by atoms with Crippen LogP contribution in [0.3, 0.4) is 0 Å². The average molecular weight is 324 g/mol. The van der Waals surface area contributed by atoms with Gasteiger partial charge in [-0.15, -0.1) is 0 Å². The van der Waals surface area contributed by atoms with E-state index in [2.05, 4.69) is 74.4 Å². The van der Waals surface area contributed by atoms with E-state index in [1.165, 1.54) is 54.8 Å². The summed E-state index contributed by atoms with van der Waals surface area (Å²) >= 11 is 0. The molecule has 0 saturated carbocycles. The standard InChI is InChI=1S/C23H33N/c1-5-8-10-11-14-20(7-3)18-24-22(16-9-6-2)19(4)21-15-12-13-17-23(21)24/h6,9,12-13,15-17,20H,4-5,7-8,10-11,14,18H2,1-3H3/b9-6+,22-16+. The van der Waals surface area contributed by atoms with Gasteiger partial charge in [0.05, 0.1) is 0 Å². The Morgan fingerprint density at radius 3 is 2.62 bits per heavy atom. The number of benzene rings is 1. The Hall–Kier alpha value is -1.76. The van der Waals surface area contributed by atoms with Crippen LogP contribution in [0.5, 0.6) is 0 Å². The third-order valence-corrected chi connectivity index (χ3v) is 5.05. The number of rotatable bonds is 9. The van der Waals surface area contributed by atoms with Gasteiger partial charge in [0.2, 0.25) is 0 Å². The van der Waals surface area contributed by atoms with Crippen molar-refractivity contribution in [1.29, 1.82) is 0 Å². The molecule has 0 aliphatic heterocycles. The van der Waals surface area contributed by atoms with Crippen molar-refractivity contribution in [3.05, 3.63) is 47.0 Å². The lowest BCUT2D eigenvalue weighted by atomic mass is 9.98. The summed E-state index contributed by atoms with van der Waals surface area (Å²) in [5, 5.41) is 3.71. The molecule has 2 rings (SSSR count). The molecule has 1 nitrogen and oxygen atoms in total. The molecule has 1 aromatic carbocycles. The third-order valence-electron chi connectivity index (χ3n) is 5.05. The first kappa shape index (κ1) is 18.6. The molecular formula is C23H33N. The minimum Gasteiger partial charge on any atom is -0.340 e. The van der Waals surface area contributed by atoms with Crippen LogP contribution in [-0.4, -0.2) is 4.57 Å². The first-order chi connectivity index (χ1) is 11.7. The highest BCUT2D eigenvalue weighted by atomic mass is 15.0. The first-order valence-electron chi connectivity index (χ1n) is 9.62. The molecule has 1 heterocycles. The molecule has 0 bridgehead atoms. The summed E-state index contributed by atoms with van der Waals surface area (Å²) in [7, 11) is 0. The predicted octanol–water partition coefficient (Wildman–Crippen LogP) is 5.40. The lowest BCUT2D eigenvalue weighted by molar-refractivity contribution is 0.387. The summed E-state index contributed by atoms with van der Waals surface area (Å²) in [4.78, 5) is 0. The maximum absolute atomic E-state index is 4.36. The van der Waals surface area contributed by atoms with Gasteiger partial charge in [0.25, 0.3) is 0 Å². The van der Waals surface area contributed by atoms with Crippen LogP contribution in [0.4, 0.5) is 0 Å². The van der Waals surface area contributed by atoms with Crippen LogP contribution in [0.1, 0.15) is 59.3 Å². The summed E-state index contributed by atoms with van der Waals surface area (Å²) in [6.45, 7) is 12.1. The molecule has 2 aromatic rings. The molecule has 0 N–H and O–H groups in total. The maximum atomic E-state index is 4.36. The van der Waals surface area contributed by atoms with E-state index in [-0.39, 0.29) is 0 Å². The molecule has 1 atom stereocenters. The second-order valence-electron chi connectivity index (χ2n) is 6.81. The number of para-hydroxylation sites is 1. The van der Waals surface area contributed by atoms with Gasteiger partial charge in [-0.1, -0.05) is 82.9 Å². The largest absolute Gasteiger partial charge is 0.340 e. The Morgan fingerprint density at radius 2 is 1.92 bits per heavy atom. The van der Waals surface area contributed by atoms with Gasteiger partial charge in [-0.25, -0.2) is 0 Å². The second kappa shape index (κ2) is 9.52. The van der Waals surface area contributed by atoms with Gasteiger partial charge in [0, 0.05) is 28.0 Å². The Bertz CT molecular complexity index is 763. The fourth-order valence-corrected chi connectivity index (χ4v) is 3.51. The van der Waals surface area contributed by atoms with E-state index in [4.69, 9.17) is 0 Å². The summed E-state index contributed by atoms with van der Waals surface area (Å²) < 4.78 is 2.49. The smallest absolute Gasteiger partial charge is 0.0491 e. The van der Waals surface area contributed by atoms with Crippen LogP contribution >= 0.6 is 0 Å². The number of aromatic nitrogens is 1. The van der Waals surface area contributed by atoms with Gasteiger partial charge >= 0.3 is 0 Å². The van der Waals surface area contributed by atoms with E-state index in [0.717, 1.165) is 17.7 Å². The topological polar surface area (TPSA) is 4.93 Å². The van der Waals surface area contributed by atoms with Crippen molar-refractivity contribution in [2.45, 2.75) is 65.8 Å². The lowest BCUT2D eigenvalue weighted by Gasteiger charge is -2.17. The third kappa shape index (κ3) is 4.41. The Balaban J connectivity index is 2.34.